The molecule has 2 aliphatic rings. The van der Waals surface area contributed by atoms with Crippen LogP contribution in [0.4, 0.5) is 0 Å². The molecule has 2 nitrogen and oxygen atoms in total. The first-order valence-electron chi connectivity index (χ1n) is 8.20. The van der Waals surface area contributed by atoms with Gasteiger partial charge in [-0.1, -0.05) is 26.0 Å². The van der Waals surface area contributed by atoms with Gasteiger partial charge in [0.2, 0.25) is 5.69 Å². The number of hydrogen-bond donors (Lipinski definition) is 0. The monoisotopic (exact) mass is 294 g/mol. The van der Waals surface area contributed by atoms with E-state index in [2.05, 4.69) is 68.9 Å². The maximum absolute atomic E-state index is 6.57. The fraction of sp³-hybridized carbons (Fsp3) is 0.450. The molecule has 1 aliphatic carbocycles. The third kappa shape index (κ3) is 1.97. The minimum atomic E-state index is 0.104. The van der Waals surface area contributed by atoms with Gasteiger partial charge in [0.15, 0.2) is 6.20 Å². The predicted molar refractivity (Wildman–Crippen MR) is 88.0 cm³/mol. The van der Waals surface area contributed by atoms with Crippen molar-refractivity contribution in [2.24, 2.45) is 7.05 Å². The lowest BCUT2D eigenvalue weighted by Gasteiger charge is -2.39. The summed E-state index contributed by atoms with van der Waals surface area (Å²) in [4.78, 5) is 0. The summed E-state index contributed by atoms with van der Waals surface area (Å²) in [6, 6.07) is 10.9. The van der Waals surface area contributed by atoms with Gasteiger partial charge in [0.05, 0.1) is 5.56 Å². The molecule has 1 aliphatic heterocycles. The number of nitrogens with zero attached hydrogens (tertiary/aromatic N) is 1. The predicted octanol–water partition coefficient (Wildman–Crippen LogP) is 4.08. The Kier molecular flexibility index (Phi) is 2.73. The van der Waals surface area contributed by atoms with Crippen molar-refractivity contribution in [2.75, 3.05) is 0 Å². The Labute approximate surface area is 132 Å². The van der Waals surface area contributed by atoms with Crippen LogP contribution < -0.4 is 9.30 Å². The highest BCUT2D eigenvalue weighted by Crippen LogP contribution is 2.57. The van der Waals surface area contributed by atoms with Gasteiger partial charge in [-0.15, -0.1) is 0 Å². The summed E-state index contributed by atoms with van der Waals surface area (Å²) in [6.07, 6.45) is 5.64. The second kappa shape index (κ2) is 4.34. The molecule has 2 heterocycles. The summed E-state index contributed by atoms with van der Waals surface area (Å²) >= 11 is 0. The van der Waals surface area contributed by atoms with Crippen LogP contribution in [0.15, 0.2) is 36.5 Å². The molecule has 0 bridgehead atoms. The third-order valence-electron chi connectivity index (χ3n) is 5.30. The lowest BCUT2D eigenvalue weighted by atomic mass is 9.75. The number of pyridine rings is 1. The van der Waals surface area contributed by atoms with E-state index in [1.165, 1.54) is 35.2 Å². The van der Waals surface area contributed by atoms with Crippen molar-refractivity contribution >= 4 is 0 Å². The average Bonchev–Trinajstić information content (AvgIpc) is 3.17. The first-order valence-corrected chi connectivity index (χ1v) is 8.20. The van der Waals surface area contributed by atoms with Gasteiger partial charge in [0.25, 0.3) is 0 Å². The van der Waals surface area contributed by atoms with Gasteiger partial charge in [0, 0.05) is 17.7 Å². The lowest BCUT2D eigenvalue weighted by Crippen LogP contribution is -2.37. The minimum Gasteiger partial charge on any atom is -0.486 e. The largest absolute Gasteiger partial charge is 0.486 e. The number of fused-ring (bicyclic) bond motifs is 1. The summed E-state index contributed by atoms with van der Waals surface area (Å²) in [6.45, 7) is 6.91. The van der Waals surface area contributed by atoms with Crippen LogP contribution in [0.2, 0.25) is 0 Å². The lowest BCUT2D eigenvalue weighted by molar-refractivity contribution is -0.660. The Hall–Kier alpha value is -1.83. The van der Waals surface area contributed by atoms with E-state index < -0.39 is 0 Å². The summed E-state index contributed by atoms with van der Waals surface area (Å²) in [7, 11) is 2.11. The average molecular weight is 294 g/mol. The summed E-state index contributed by atoms with van der Waals surface area (Å²) in [5.41, 5.74) is 5.42. The molecule has 0 radical (unpaired) electrons. The Bertz CT molecular complexity index is 756. The van der Waals surface area contributed by atoms with Crippen molar-refractivity contribution in [3.05, 3.63) is 47.7 Å². The first kappa shape index (κ1) is 13.8. The van der Waals surface area contributed by atoms with Crippen molar-refractivity contribution < 1.29 is 9.30 Å². The van der Waals surface area contributed by atoms with Crippen LogP contribution in [0.25, 0.3) is 11.3 Å². The molecule has 1 aromatic heterocycles. The molecular formula is C20H24NO+. The Morgan fingerprint density at radius 3 is 2.55 bits per heavy atom. The second-order valence-corrected chi connectivity index (χ2v) is 7.68. The van der Waals surface area contributed by atoms with Crippen LogP contribution in [0.5, 0.6) is 5.75 Å². The third-order valence-corrected chi connectivity index (χ3v) is 5.30. The zero-order valence-electron chi connectivity index (χ0n) is 13.9. The molecule has 1 fully saturated rings. The molecular weight excluding hydrogens is 270 g/mol. The van der Waals surface area contributed by atoms with Gasteiger partial charge < -0.3 is 4.74 Å². The molecule has 0 N–H and O–H groups in total. The van der Waals surface area contributed by atoms with Crippen LogP contribution in [0.3, 0.4) is 0 Å². The van der Waals surface area contributed by atoms with E-state index in [1.54, 1.807) is 0 Å². The summed E-state index contributed by atoms with van der Waals surface area (Å²) in [5, 5.41) is 0. The fourth-order valence-electron chi connectivity index (χ4n) is 3.99. The van der Waals surface area contributed by atoms with Gasteiger partial charge in [-0.2, -0.15) is 0 Å². The van der Waals surface area contributed by atoms with Gasteiger partial charge in [-0.05, 0) is 43.2 Å². The molecule has 0 unspecified atom stereocenters. The van der Waals surface area contributed by atoms with E-state index in [-0.39, 0.29) is 11.0 Å². The topological polar surface area (TPSA) is 13.1 Å². The molecule has 0 saturated heterocycles. The molecule has 0 amide bonds. The maximum atomic E-state index is 6.57. The number of hydrogen-bond acceptors (Lipinski definition) is 1. The van der Waals surface area contributed by atoms with Gasteiger partial charge in [-0.3, -0.25) is 0 Å². The molecule has 2 heteroatoms. The van der Waals surface area contributed by atoms with Crippen LogP contribution in [-0.2, 0) is 12.5 Å². The van der Waals surface area contributed by atoms with Gasteiger partial charge >= 0.3 is 0 Å². The molecule has 114 valence electrons. The highest BCUT2D eigenvalue weighted by molar-refractivity contribution is 5.73. The molecule has 2 aromatic rings. The van der Waals surface area contributed by atoms with Crippen molar-refractivity contribution in [1.29, 1.82) is 0 Å². The van der Waals surface area contributed by atoms with Gasteiger partial charge in [-0.25, -0.2) is 4.57 Å². The number of benzene rings is 1. The molecule has 0 atom stereocenters. The molecule has 1 saturated carbocycles. The zero-order valence-corrected chi connectivity index (χ0v) is 13.9. The van der Waals surface area contributed by atoms with E-state index >= 15 is 0 Å². The van der Waals surface area contributed by atoms with Crippen molar-refractivity contribution in [3.63, 3.8) is 0 Å². The zero-order chi connectivity index (χ0) is 15.5. The van der Waals surface area contributed by atoms with Crippen LogP contribution in [-0.4, -0.2) is 5.60 Å². The fourth-order valence-corrected chi connectivity index (χ4v) is 3.99. The number of aryl methyl sites for hydroxylation is 2. The van der Waals surface area contributed by atoms with E-state index in [4.69, 9.17) is 4.74 Å². The summed E-state index contributed by atoms with van der Waals surface area (Å²) < 4.78 is 8.76. The Morgan fingerprint density at radius 1 is 1.09 bits per heavy atom. The van der Waals surface area contributed by atoms with E-state index in [9.17, 15) is 0 Å². The quantitative estimate of drug-likeness (QED) is 0.722. The second-order valence-electron chi connectivity index (χ2n) is 7.68. The van der Waals surface area contributed by atoms with Crippen molar-refractivity contribution in [2.45, 2.75) is 51.0 Å². The normalized spacial score (nSPS) is 20.4. The van der Waals surface area contributed by atoms with E-state index in [1.807, 2.05) is 0 Å². The number of ether oxygens (including phenoxy) is 1. The van der Waals surface area contributed by atoms with E-state index in [0.717, 1.165) is 12.2 Å². The standard InChI is InChI=1S/C20H24NO/c1-14-8-9-15-18(17(14)16-7-5-6-12-21(16)4)22-20(10-11-20)13-19(15,2)3/h5-9,12H,10-11,13H2,1-4H3/q+1. The Morgan fingerprint density at radius 2 is 1.86 bits per heavy atom. The van der Waals surface area contributed by atoms with Crippen molar-refractivity contribution in [1.82, 2.24) is 0 Å². The minimum absolute atomic E-state index is 0.104. The molecule has 1 spiro atoms. The van der Waals surface area contributed by atoms with Crippen LogP contribution in [0.1, 0.15) is 44.2 Å². The number of rotatable bonds is 1. The maximum Gasteiger partial charge on any atom is 0.216 e. The molecule has 22 heavy (non-hydrogen) atoms. The Balaban J connectivity index is 1.99. The first-order chi connectivity index (χ1) is 10.4. The highest BCUT2D eigenvalue weighted by atomic mass is 16.5. The smallest absolute Gasteiger partial charge is 0.216 e. The number of aromatic nitrogens is 1. The summed E-state index contributed by atoms with van der Waals surface area (Å²) in [5.74, 6) is 1.12. The molecule has 4 rings (SSSR count). The van der Waals surface area contributed by atoms with Crippen LogP contribution in [0, 0.1) is 6.92 Å². The van der Waals surface area contributed by atoms with Gasteiger partial charge in [0.1, 0.15) is 18.4 Å². The van der Waals surface area contributed by atoms with Crippen LogP contribution >= 0.6 is 0 Å². The highest BCUT2D eigenvalue weighted by Gasteiger charge is 2.53. The van der Waals surface area contributed by atoms with E-state index in [0.29, 0.717) is 0 Å². The molecule has 1 aromatic carbocycles. The van der Waals surface area contributed by atoms with Crippen molar-refractivity contribution in [3.8, 4) is 17.0 Å². The SMILES string of the molecule is Cc1ccc2c(c1-c1cccc[n+]1C)OC1(CC1)CC2(C)C.